The summed E-state index contributed by atoms with van der Waals surface area (Å²) in [5.41, 5.74) is 10.4. The van der Waals surface area contributed by atoms with E-state index in [2.05, 4.69) is 27.4 Å². The molecule has 0 unspecified atom stereocenters. The summed E-state index contributed by atoms with van der Waals surface area (Å²) < 4.78 is 10.7. The zero-order valence-corrected chi connectivity index (χ0v) is 31.6. The topological polar surface area (TPSA) is 126 Å². The van der Waals surface area contributed by atoms with Crippen molar-refractivity contribution in [1.82, 2.24) is 15.0 Å². The number of nitrogens with zero attached hydrogens (tertiary/aromatic N) is 4. The number of ketones is 1. The van der Waals surface area contributed by atoms with Gasteiger partial charge in [-0.05, 0) is 70.9 Å². The maximum atomic E-state index is 14.2. The van der Waals surface area contributed by atoms with Gasteiger partial charge in [0.15, 0.2) is 5.78 Å². The van der Waals surface area contributed by atoms with Gasteiger partial charge in [-0.25, -0.2) is 0 Å². The van der Waals surface area contributed by atoms with E-state index in [9.17, 15) is 14.4 Å². The number of carbonyl (C=O) groups excluding carboxylic acids is 3. The molecule has 9 nitrogen and oxygen atoms in total. The van der Waals surface area contributed by atoms with Crippen LogP contribution in [0, 0.1) is 38.5 Å². The van der Waals surface area contributed by atoms with Crippen molar-refractivity contribution in [3.63, 3.8) is 0 Å². The Bertz CT molecular complexity index is 2130. The zero-order valence-electron chi connectivity index (χ0n) is 30.2. The maximum absolute atomic E-state index is 14.2. The van der Waals surface area contributed by atoms with Crippen LogP contribution in [0.5, 0.6) is 0 Å². The standard InChI is InChI=1S/C40H43N4O5.CH4.Mg/c1-10-24-20(5)27-16-29-22(7)26(12-13-33(45)49-15-14-19(3)4)37(43-29)35-36(40(47)48-9)39(46)34-23(8)30(44-38(34)35)18-32-25(11-2)21(6)28(42-32)17-31(24)41-27;;/h10,14,16-18,22,26,36H,1,11-13,15H2,2-9H3,(H-,43,44,46);1H4;/q-3;;+2/p-1/b28-17-,29-16-,32-18-;;/t22-,26-,36+;;/m0../s1. The molecule has 8 bridgehead atoms. The fraction of sp³-hybridized carbons (Fsp3) is 0.390. The van der Waals surface area contributed by atoms with Gasteiger partial charge in [-0.15, -0.1) is 33.5 Å². The Morgan fingerprint density at radius 1 is 0.961 bits per heavy atom. The molecule has 264 valence electrons. The third-order valence-electron chi connectivity index (χ3n) is 10.1. The molecule has 51 heavy (non-hydrogen) atoms. The molecule has 3 aliphatic rings. The van der Waals surface area contributed by atoms with Crippen LogP contribution in [0.1, 0.15) is 109 Å². The van der Waals surface area contributed by atoms with Crippen LogP contribution in [0.25, 0.3) is 35.2 Å². The number of ether oxygens (including phenoxy) is 2. The fourth-order valence-electron chi connectivity index (χ4n) is 7.30. The molecule has 3 atom stereocenters. The van der Waals surface area contributed by atoms with E-state index < -0.39 is 11.9 Å². The van der Waals surface area contributed by atoms with E-state index in [4.69, 9.17) is 29.7 Å². The Balaban J connectivity index is 0.00000292. The Morgan fingerprint density at radius 2 is 1.65 bits per heavy atom. The molecule has 3 aromatic heterocycles. The number of methoxy groups -OCH3 is 1. The molecule has 1 aliphatic carbocycles. The Labute approximate surface area is 316 Å². The van der Waals surface area contributed by atoms with E-state index in [1.165, 1.54) is 7.11 Å². The normalized spacial score (nSPS) is 22.2. The number of hydrogen-bond acceptors (Lipinski definition) is 5. The van der Waals surface area contributed by atoms with E-state index >= 15 is 0 Å². The van der Waals surface area contributed by atoms with Crippen LogP contribution in [0.2, 0.25) is 0 Å². The second kappa shape index (κ2) is 15.5. The summed E-state index contributed by atoms with van der Waals surface area (Å²) in [6.45, 7) is 18.2. The van der Waals surface area contributed by atoms with Crippen LogP contribution in [0.4, 0.5) is 0 Å². The molecule has 0 saturated carbocycles. The van der Waals surface area contributed by atoms with Crippen molar-refractivity contribution in [3.8, 4) is 0 Å². The van der Waals surface area contributed by atoms with Gasteiger partial charge in [-0.1, -0.05) is 85.6 Å². The molecule has 1 saturated heterocycles. The van der Waals surface area contributed by atoms with Crippen LogP contribution in [0.15, 0.2) is 29.6 Å². The molecule has 3 aromatic rings. The molecule has 0 radical (unpaired) electrons. The second-order valence-corrected chi connectivity index (χ2v) is 13.3. The quantitative estimate of drug-likeness (QED) is 0.129. The second-order valence-electron chi connectivity index (χ2n) is 13.3. The smallest absolute Gasteiger partial charge is 0.664 e. The van der Waals surface area contributed by atoms with Crippen molar-refractivity contribution in [2.75, 3.05) is 13.7 Å². The monoisotopic (exact) mass is 698 g/mol. The van der Waals surface area contributed by atoms with Crippen LogP contribution in [0.3, 0.4) is 0 Å². The van der Waals surface area contributed by atoms with E-state index in [-0.39, 0.29) is 67.1 Å². The molecule has 10 heteroatoms. The van der Waals surface area contributed by atoms with E-state index in [0.29, 0.717) is 40.2 Å². The number of aromatic nitrogens is 3. The first kappa shape index (κ1) is 39.5. The first-order valence-corrected chi connectivity index (χ1v) is 16.8. The van der Waals surface area contributed by atoms with Gasteiger partial charge in [-0.3, -0.25) is 14.4 Å². The molecule has 1 fully saturated rings. The molecule has 0 N–H and O–H groups in total. The van der Waals surface area contributed by atoms with Crippen molar-refractivity contribution in [2.45, 2.75) is 75.2 Å². The van der Waals surface area contributed by atoms with Crippen molar-refractivity contribution in [2.24, 2.45) is 17.8 Å². The molecular formula is C41H46MgN4O5-2. The molecule has 0 aromatic carbocycles. The van der Waals surface area contributed by atoms with Crippen molar-refractivity contribution in [1.29, 1.82) is 0 Å². The number of rotatable bonds is 8. The van der Waals surface area contributed by atoms with Gasteiger partial charge >= 0.3 is 35.0 Å². The summed E-state index contributed by atoms with van der Waals surface area (Å²) in [6.07, 6.45) is 10.9. The Kier molecular flexibility index (Phi) is 12.0. The average molecular weight is 699 g/mol. The largest absolute Gasteiger partial charge is 2.00 e. The number of fused-ring (bicyclic) bond motifs is 7. The summed E-state index contributed by atoms with van der Waals surface area (Å²) in [5.74, 6) is -3.05. The van der Waals surface area contributed by atoms with Gasteiger partial charge in [0, 0.05) is 12.0 Å². The first-order valence-electron chi connectivity index (χ1n) is 16.8. The van der Waals surface area contributed by atoms with E-state index in [0.717, 1.165) is 62.0 Å². The minimum absolute atomic E-state index is 0. The summed E-state index contributed by atoms with van der Waals surface area (Å²) >= 11 is 0. The van der Waals surface area contributed by atoms with Gasteiger partial charge in [0.1, 0.15) is 12.5 Å². The molecular weight excluding hydrogens is 653 g/mol. The van der Waals surface area contributed by atoms with Crippen LogP contribution in [-0.4, -0.2) is 54.5 Å². The Hall–Kier alpha value is -4.28. The van der Waals surface area contributed by atoms with Crippen molar-refractivity contribution in [3.05, 3.63) is 102 Å². The van der Waals surface area contributed by atoms with Crippen LogP contribution >= 0.6 is 0 Å². The minimum atomic E-state index is -1.21. The third-order valence-corrected chi connectivity index (χ3v) is 10.1. The number of hydrogen-bond donors (Lipinski definition) is 0. The zero-order chi connectivity index (χ0) is 35.3. The van der Waals surface area contributed by atoms with Crippen LogP contribution < -0.4 is 25.7 Å². The van der Waals surface area contributed by atoms with Crippen molar-refractivity contribution < 1.29 is 23.9 Å². The van der Waals surface area contributed by atoms with Gasteiger partial charge in [-0.2, -0.15) is 11.4 Å². The minimum Gasteiger partial charge on any atom is -0.664 e. The number of allylic oxidation sites excluding steroid dienone is 3. The van der Waals surface area contributed by atoms with Crippen molar-refractivity contribution >= 4 is 70.7 Å². The summed E-state index contributed by atoms with van der Waals surface area (Å²) in [4.78, 5) is 55.5. The van der Waals surface area contributed by atoms with Gasteiger partial charge < -0.3 is 29.7 Å². The predicted octanol–water partition coefficient (Wildman–Crippen LogP) is 5.58. The molecule has 2 aliphatic heterocycles. The molecule has 6 rings (SSSR count). The van der Waals surface area contributed by atoms with Gasteiger partial charge in [0.05, 0.1) is 7.11 Å². The average Bonchev–Trinajstić information content (AvgIpc) is 3.80. The number of carbonyl (C=O) groups is 3. The number of Topliss-reactive ketones (excluding diaryl/α,β-unsaturated/α-hetero) is 1. The first-order chi connectivity index (χ1) is 23.4. The molecule has 0 amide bonds. The van der Waals surface area contributed by atoms with E-state index in [1.807, 2.05) is 58.1 Å². The fourth-order valence-corrected chi connectivity index (χ4v) is 7.30. The summed E-state index contributed by atoms with van der Waals surface area (Å²) in [6, 6.07) is 0. The predicted molar refractivity (Wildman–Crippen MR) is 202 cm³/mol. The Morgan fingerprint density at radius 3 is 2.29 bits per heavy atom. The number of esters is 2. The third kappa shape index (κ3) is 6.88. The van der Waals surface area contributed by atoms with E-state index in [1.54, 1.807) is 0 Å². The van der Waals surface area contributed by atoms with Crippen LogP contribution in [-0.2, 0) is 25.5 Å². The summed E-state index contributed by atoms with van der Waals surface area (Å²) in [7, 11) is 1.28. The van der Waals surface area contributed by atoms with Gasteiger partial charge in [0.25, 0.3) is 0 Å². The summed E-state index contributed by atoms with van der Waals surface area (Å²) in [5, 5.41) is 6.75. The molecule has 5 heterocycles. The van der Waals surface area contributed by atoms with Gasteiger partial charge in [0.2, 0.25) is 0 Å². The maximum Gasteiger partial charge on any atom is 2.00 e. The molecule has 0 spiro atoms. The SMILES string of the molecule is C.C=Cc1c2[n-]c(c1C)/C=C1\[N-]/C(=C3\c4[n-]c(c(C)c4C(=O)[C@@H]3C(=O)OC)/C=c3\[n-]/c(c(C)c3CC)=C\2)[C@@H](CCC(=O)OCC=C(C)C)[C@@H]1C.[Mg+2].